The van der Waals surface area contributed by atoms with Gasteiger partial charge in [-0.3, -0.25) is 4.90 Å². The fourth-order valence-corrected chi connectivity index (χ4v) is 4.19. The van der Waals surface area contributed by atoms with Crippen molar-refractivity contribution in [1.82, 2.24) is 9.80 Å². The topological polar surface area (TPSA) is 6.48 Å². The minimum atomic E-state index is 1.09. The van der Waals surface area contributed by atoms with Gasteiger partial charge in [-0.25, -0.2) is 0 Å². The van der Waals surface area contributed by atoms with Crippen LogP contribution in [0.3, 0.4) is 0 Å². The van der Waals surface area contributed by atoms with Crippen LogP contribution in [-0.4, -0.2) is 42.5 Å². The van der Waals surface area contributed by atoms with Crippen LogP contribution >= 0.6 is 0 Å². The van der Waals surface area contributed by atoms with E-state index in [1.165, 1.54) is 48.2 Å². The molecule has 1 saturated heterocycles. The predicted molar refractivity (Wildman–Crippen MR) is 128 cm³/mol. The first kappa shape index (κ1) is 20.4. The summed E-state index contributed by atoms with van der Waals surface area (Å²) in [5.41, 5.74) is 5.36. The Labute approximate surface area is 181 Å². The second-order valence-corrected chi connectivity index (χ2v) is 8.08. The van der Waals surface area contributed by atoms with Gasteiger partial charge in [0.2, 0.25) is 0 Å². The summed E-state index contributed by atoms with van der Waals surface area (Å²) >= 11 is 0. The third kappa shape index (κ3) is 5.84. The summed E-state index contributed by atoms with van der Waals surface area (Å²) in [6.07, 6.45) is 6.08. The molecule has 3 aromatic rings. The van der Waals surface area contributed by atoms with Crippen molar-refractivity contribution in [3.8, 4) is 0 Å². The molecule has 0 aliphatic carbocycles. The zero-order valence-electron chi connectivity index (χ0n) is 17.8. The molecule has 0 spiro atoms. The molecular weight excluding hydrogens is 364 g/mol. The highest BCUT2D eigenvalue weighted by molar-refractivity contribution is 5.80. The van der Waals surface area contributed by atoms with Crippen molar-refractivity contribution >= 4 is 11.8 Å². The predicted octanol–water partition coefficient (Wildman–Crippen LogP) is 5.83. The first-order valence-electron chi connectivity index (χ1n) is 11.2. The van der Waals surface area contributed by atoms with Gasteiger partial charge >= 0.3 is 0 Å². The molecule has 0 N–H and O–H groups in total. The third-order valence-electron chi connectivity index (χ3n) is 5.92. The summed E-state index contributed by atoms with van der Waals surface area (Å²) in [6, 6.07) is 32.4. The molecular formula is C28H32N2. The first-order chi connectivity index (χ1) is 14.9. The number of benzene rings is 3. The second kappa shape index (κ2) is 10.8. The Kier molecular flexibility index (Phi) is 7.36. The van der Waals surface area contributed by atoms with E-state index in [9.17, 15) is 0 Å². The Balaban J connectivity index is 1.32. The molecule has 4 rings (SSSR count). The van der Waals surface area contributed by atoms with Crippen LogP contribution in [0.1, 0.15) is 29.5 Å². The van der Waals surface area contributed by atoms with E-state index >= 15 is 0 Å². The van der Waals surface area contributed by atoms with Gasteiger partial charge < -0.3 is 4.90 Å². The van der Waals surface area contributed by atoms with Crippen molar-refractivity contribution in [2.75, 3.05) is 32.7 Å². The van der Waals surface area contributed by atoms with Crippen molar-refractivity contribution in [3.63, 3.8) is 0 Å². The van der Waals surface area contributed by atoms with Gasteiger partial charge in [0.1, 0.15) is 0 Å². The molecule has 0 atom stereocenters. The number of hydrogen-bond donors (Lipinski definition) is 0. The van der Waals surface area contributed by atoms with Crippen LogP contribution in [0.2, 0.25) is 0 Å². The molecule has 30 heavy (non-hydrogen) atoms. The molecule has 0 amide bonds. The van der Waals surface area contributed by atoms with Gasteiger partial charge in [-0.2, -0.15) is 0 Å². The lowest BCUT2D eigenvalue weighted by atomic mass is 10.1. The van der Waals surface area contributed by atoms with Crippen LogP contribution in [0.15, 0.2) is 91.0 Å². The fourth-order valence-electron chi connectivity index (χ4n) is 4.19. The number of rotatable bonds is 8. The number of nitrogens with zero attached hydrogens (tertiary/aromatic N) is 2. The summed E-state index contributed by atoms with van der Waals surface area (Å²) in [5, 5.41) is 0. The van der Waals surface area contributed by atoms with E-state index in [0.29, 0.717) is 0 Å². The highest BCUT2D eigenvalue weighted by atomic mass is 15.3. The van der Waals surface area contributed by atoms with Crippen molar-refractivity contribution < 1.29 is 0 Å². The van der Waals surface area contributed by atoms with E-state index in [-0.39, 0.29) is 0 Å². The monoisotopic (exact) mass is 396 g/mol. The molecule has 1 aliphatic rings. The van der Waals surface area contributed by atoms with Crippen molar-refractivity contribution in [1.29, 1.82) is 0 Å². The van der Waals surface area contributed by atoms with Crippen LogP contribution < -0.4 is 0 Å². The zero-order valence-corrected chi connectivity index (χ0v) is 17.8. The molecule has 2 nitrogen and oxygen atoms in total. The standard InChI is InChI=1S/C28H32N2/c1-4-12-25(13-5-1)14-10-11-19-29-20-22-30(23-21-29)28(27-17-8-3-9-18-27)24-26-15-6-2-7-16-26/h1-9,12-13,15-18,24H,10-11,14,19-23H2/b28-24+. The summed E-state index contributed by atoms with van der Waals surface area (Å²) in [7, 11) is 0. The molecule has 0 saturated carbocycles. The van der Waals surface area contributed by atoms with Gasteiger partial charge in [0, 0.05) is 31.9 Å². The molecule has 0 aromatic heterocycles. The van der Waals surface area contributed by atoms with E-state index in [4.69, 9.17) is 0 Å². The van der Waals surface area contributed by atoms with Gasteiger partial charge in [-0.15, -0.1) is 0 Å². The smallest absolute Gasteiger partial charge is 0.0446 e. The van der Waals surface area contributed by atoms with Gasteiger partial charge in [0.25, 0.3) is 0 Å². The van der Waals surface area contributed by atoms with Crippen LogP contribution in [0, 0.1) is 0 Å². The lowest BCUT2D eigenvalue weighted by Gasteiger charge is -2.37. The maximum atomic E-state index is 2.63. The van der Waals surface area contributed by atoms with Crippen molar-refractivity contribution in [2.24, 2.45) is 0 Å². The van der Waals surface area contributed by atoms with Gasteiger partial charge in [-0.05, 0) is 48.6 Å². The van der Waals surface area contributed by atoms with E-state index < -0.39 is 0 Å². The molecule has 1 aliphatic heterocycles. The number of piperazine rings is 1. The van der Waals surface area contributed by atoms with E-state index in [1.807, 2.05) is 0 Å². The quantitative estimate of drug-likeness (QED) is 0.349. The van der Waals surface area contributed by atoms with E-state index in [0.717, 1.165) is 26.2 Å². The molecule has 0 radical (unpaired) electrons. The van der Waals surface area contributed by atoms with Crippen LogP contribution in [0.25, 0.3) is 11.8 Å². The number of aryl methyl sites for hydroxylation is 1. The molecule has 154 valence electrons. The van der Waals surface area contributed by atoms with Crippen LogP contribution in [-0.2, 0) is 6.42 Å². The van der Waals surface area contributed by atoms with E-state index in [1.54, 1.807) is 0 Å². The summed E-state index contributed by atoms with van der Waals surface area (Å²) in [4.78, 5) is 5.19. The van der Waals surface area contributed by atoms with E-state index in [2.05, 4.69) is 107 Å². The molecule has 0 bridgehead atoms. The van der Waals surface area contributed by atoms with Gasteiger partial charge in [-0.1, -0.05) is 91.0 Å². The van der Waals surface area contributed by atoms with Crippen LogP contribution in [0.5, 0.6) is 0 Å². The zero-order chi connectivity index (χ0) is 20.4. The maximum absolute atomic E-state index is 2.63. The highest BCUT2D eigenvalue weighted by Gasteiger charge is 2.19. The minimum Gasteiger partial charge on any atom is -0.368 e. The molecule has 1 heterocycles. The third-order valence-corrected chi connectivity index (χ3v) is 5.92. The number of hydrogen-bond acceptors (Lipinski definition) is 2. The molecule has 1 fully saturated rings. The highest BCUT2D eigenvalue weighted by Crippen LogP contribution is 2.24. The Bertz CT molecular complexity index is 895. The van der Waals surface area contributed by atoms with Gasteiger partial charge in [0.15, 0.2) is 0 Å². The Morgan fingerprint density at radius 3 is 1.93 bits per heavy atom. The fraction of sp³-hybridized carbons (Fsp3) is 0.286. The van der Waals surface area contributed by atoms with Crippen LogP contribution in [0.4, 0.5) is 0 Å². The average Bonchev–Trinajstić information content (AvgIpc) is 2.83. The lowest BCUT2D eigenvalue weighted by Crippen LogP contribution is -2.45. The summed E-state index contributed by atoms with van der Waals surface area (Å²) in [5.74, 6) is 0. The maximum Gasteiger partial charge on any atom is 0.0446 e. The van der Waals surface area contributed by atoms with Gasteiger partial charge in [0.05, 0.1) is 0 Å². The SMILES string of the molecule is C(=C(/c1ccccc1)N1CCN(CCCCc2ccccc2)CC1)/c1ccccc1. The lowest BCUT2D eigenvalue weighted by molar-refractivity contribution is 0.173. The molecule has 2 heteroatoms. The normalized spacial score (nSPS) is 15.3. The minimum absolute atomic E-state index is 1.09. The molecule has 3 aromatic carbocycles. The first-order valence-corrected chi connectivity index (χ1v) is 11.2. The Morgan fingerprint density at radius 1 is 0.667 bits per heavy atom. The Morgan fingerprint density at radius 2 is 1.27 bits per heavy atom. The largest absolute Gasteiger partial charge is 0.368 e. The van der Waals surface area contributed by atoms with Crippen molar-refractivity contribution in [3.05, 3.63) is 108 Å². The summed E-state index contributed by atoms with van der Waals surface area (Å²) < 4.78 is 0. The summed E-state index contributed by atoms with van der Waals surface area (Å²) in [6.45, 7) is 5.68. The number of unbranched alkanes of at least 4 members (excludes halogenated alkanes) is 1. The average molecular weight is 397 g/mol. The second-order valence-electron chi connectivity index (χ2n) is 8.08. The Hall–Kier alpha value is -2.84. The molecule has 0 unspecified atom stereocenters. The van der Waals surface area contributed by atoms with Crippen molar-refractivity contribution in [2.45, 2.75) is 19.3 Å².